The number of nitrogens with one attached hydrogen (secondary N) is 1. The maximum Gasteiger partial charge on any atom is 0.349 e. The summed E-state index contributed by atoms with van der Waals surface area (Å²) in [6, 6.07) is 11.1. The fourth-order valence-corrected chi connectivity index (χ4v) is 4.37. The van der Waals surface area contributed by atoms with Gasteiger partial charge in [-0.25, -0.2) is 14.4 Å². The van der Waals surface area contributed by atoms with Crippen molar-refractivity contribution < 1.29 is 33.3 Å². The van der Waals surface area contributed by atoms with Crippen LogP contribution in [-0.4, -0.2) is 37.7 Å². The van der Waals surface area contributed by atoms with Crippen molar-refractivity contribution in [2.75, 3.05) is 19.8 Å². The van der Waals surface area contributed by atoms with Gasteiger partial charge in [-0.2, -0.15) is 0 Å². The quantitative estimate of drug-likeness (QED) is 0.331. The summed E-state index contributed by atoms with van der Waals surface area (Å²) in [7, 11) is 0. The molecule has 3 rings (SSSR count). The van der Waals surface area contributed by atoms with Crippen LogP contribution in [0.3, 0.4) is 0 Å². The molecule has 0 atom stereocenters. The lowest BCUT2D eigenvalue weighted by atomic mass is 9.80. The zero-order chi connectivity index (χ0) is 27.1. The van der Waals surface area contributed by atoms with Gasteiger partial charge in [-0.1, -0.05) is 35.3 Å². The second-order valence-electron chi connectivity index (χ2n) is 7.98. The Hall–Kier alpha value is -3.49. The normalized spacial score (nSPS) is 13.7. The van der Waals surface area contributed by atoms with E-state index in [9.17, 15) is 14.4 Å². The Balaban J connectivity index is 1.82. The molecule has 8 nitrogen and oxygen atoms in total. The van der Waals surface area contributed by atoms with Crippen molar-refractivity contribution >= 4 is 41.1 Å². The van der Waals surface area contributed by atoms with E-state index in [4.69, 9.17) is 42.1 Å². The number of allylic oxidation sites excluding steroid dienone is 2. The molecular weight excluding hydrogens is 521 g/mol. The first kappa shape index (κ1) is 28.1. The molecule has 37 heavy (non-hydrogen) atoms. The van der Waals surface area contributed by atoms with E-state index in [0.29, 0.717) is 38.9 Å². The highest BCUT2D eigenvalue weighted by Gasteiger charge is 2.37. The Morgan fingerprint density at radius 2 is 1.43 bits per heavy atom. The number of hydrogen-bond donors (Lipinski definition) is 1. The van der Waals surface area contributed by atoms with Crippen LogP contribution in [0.15, 0.2) is 65.0 Å². The predicted octanol–water partition coefficient (Wildman–Crippen LogP) is 5.34. The van der Waals surface area contributed by atoms with E-state index in [2.05, 4.69) is 5.32 Å². The summed E-state index contributed by atoms with van der Waals surface area (Å²) in [6.45, 7) is 6.89. The van der Waals surface area contributed by atoms with Crippen molar-refractivity contribution in [3.8, 4) is 11.5 Å². The summed E-state index contributed by atoms with van der Waals surface area (Å²) in [5.74, 6) is -1.91. The molecular formula is C27H27Cl2NO7. The Morgan fingerprint density at radius 1 is 0.865 bits per heavy atom. The van der Waals surface area contributed by atoms with Gasteiger partial charge in [0.15, 0.2) is 6.61 Å². The molecule has 0 aliphatic carbocycles. The van der Waals surface area contributed by atoms with Crippen molar-refractivity contribution in [2.45, 2.75) is 33.6 Å². The molecule has 2 aromatic carbocycles. The second-order valence-corrected chi connectivity index (χ2v) is 8.83. The number of esters is 3. The van der Waals surface area contributed by atoms with Crippen molar-refractivity contribution in [1.82, 2.24) is 5.32 Å². The lowest BCUT2D eigenvalue weighted by Gasteiger charge is -2.30. The summed E-state index contributed by atoms with van der Waals surface area (Å²) >= 11 is 11.9. The molecule has 0 amide bonds. The Morgan fingerprint density at radius 3 is 1.95 bits per heavy atom. The van der Waals surface area contributed by atoms with Crippen molar-refractivity contribution in [3.05, 3.63) is 80.6 Å². The summed E-state index contributed by atoms with van der Waals surface area (Å²) in [6.07, 6.45) is 0. The molecule has 0 bridgehead atoms. The third-order valence-electron chi connectivity index (χ3n) is 5.44. The van der Waals surface area contributed by atoms with Crippen LogP contribution in [0.25, 0.3) is 0 Å². The fourth-order valence-electron chi connectivity index (χ4n) is 3.90. The largest absolute Gasteiger partial charge is 0.480 e. The third kappa shape index (κ3) is 6.84. The summed E-state index contributed by atoms with van der Waals surface area (Å²) < 4.78 is 21.3. The average Bonchev–Trinajstić information content (AvgIpc) is 2.83. The third-order valence-corrected chi connectivity index (χ3v) is 5.97. The molecule has 0 unspecified atom stereocenters. The van der Waals surface area contributed by atoms with Gasteiger partial charge in [0, 0.05) is 16.4 Å². The van der Waals surface area contributed by atoms with Gasteiger partial charge >= 0.3 is 17.9 Å². The number of rotatable bonds is 9. The number of carbonyl (C=O) groups excluding carboxylic acids is 3. The van der Waals surface area contributed by atoms with Gasteiger partial charge in [-0.15, -0.1) is 0 Å². The van der Waals surface area contributed by atoms with E-state index in [-0.39, 0.29) is 30.6 Å². The molecule has 196 valence electrons. The highest BCUT2D eigenvalue weighted by molar-refractivity contribution is 6.35. The summed E-state index contributed by atoms with van der Waals surface area (Å²) in [5.41, 5.74) is 2.36. The Labute approximate surface area is 225 Å². The van der Waals surface area contributed by atoms with E-state index in [0.717, 1.165) is 0 Å². The first-order chi connectivity index (χ1) is 17.7. The monoisotopic (exact) mass is 547 g/mol. The lowest BCUT2D eigenvalue weighted by Crippen LogP contribution is -2.32. The van der Waals surface area contributed by atoms with E-state index >= 15 is 0 Å². The lowest BCUT2D eigenvalue weighted by molar-refractivity contribution is -0.140. The molecule has 0 aromatic heterocycles. The first-order valence-corrected chi connectivity index (χ1v) is 12.3. The van der Waals surface area contributed by atoms with Crippen LogP contribution in [0.4, 0.5) is 0 Å². The molecule has 1 aliphatic rings. The minimum absolute atomic E-state index is 0.179. The number of carbonyl (C=O) groups is 3. The number of ether oxygens (including phenoxy) is 4. The average molecular weight is 548 g/mol. The van der Waals surface area contributed by atoms with Crippen LogP contribution in [0.1, 0.15) is 39.2 Å². The summed E-state index contributed by atoms with van der Waals surface area (Å²) in [5, 5.41) is 3.80. The van der Waals surface area contributed by atoms with Crippen LogP contribution in [0.5, 0.6) is 11.5 Å². The highest BCUT2D eigenvalue weighted by atomic mass is 35.5. The molecule has 0 spiro atoms. The molecule has 2 aromatic rings. The van der Waals surface area contributed by atoms with E-state index in [1.165, 1.54) is 6.07 Å². The van der Waals surface area contributed by atoms with Crippen molar-refractivity contribution in [3.63, 3.8) is 0 Å². The zero-order valence-corrected chi connectivity index (χ0v) is 22.4. The van der Waals surface area contributed by atoms with Crippen LogP contribution >= 0.6 is 23.2 Å². The Kier molecular flexibility index (Phi) is 9.60. The maximum absolute atomic E-state index is 12.9. The van der Waals surface area contributed by atoms with Gasteiger partial charge in [0.25, 0.3) is 0 Å². The molecule has 1 aliphatic heterocycles. The Bertz CT molecular complexity index is 1210. The van der Waals surface area contributed by atoms with Crippen LogP contribution in [-0.2, 0) is 23.9 Å². The van der Waals surface area contributed by atoms with Gasteiger partial charge in [0.1, 0.15) is 11.5 Å². The zero-order valence-electron chi connectivity index (χ0n) is 20.9. The predicted molar refractivity (Wildman–Crippen MR) is 139 cm³/mol. The van der Waals surface area contributed by atoms with Crippen molar-refractivity contribution in [2.24, 2.45) is 0 Å². The highest BCUT2D eigenvalue weighted by Crippen LogP contribution is 2.39. The molecule has 0 saturated carbocycles. The van der Waals surface area contributed by atoms with Gasteiger partial charge in [-0.05, 0) is 63.6 Å². The molecule has 10 heteroatoms. The first-order valence-electron chi connectivity index (χ1n) is 11.6. The van der Waals surface area contributed by atoms with Crippen LogP contribution in [0.2, 0.25) is 10.0 Å². The molecule has 0 saturated heterocycles. The SMILES string of the molecule is CCOC(=O)C1=C(C)NC(C)=C(C(=O)OCC)C1c1ccc(OC(=O)COc2ccc(Cl)cc2Cl)cc1. The molecule has 0 fully saturated rings. The summed E-state index contributed by atoms with van der Waals surface area (Å²) in [4.78, 5) is 38.0. The smallest absolute Gasteiger partial charge is 0.349 e. The van der Waals surface area contributed by atoms with E-state index in [1.807, 2.05) is 0 Å². The van der Waals surface area contributed by atoms with Gasteiger partial charge in [0.2, 0.25) is 0 Å². The van der Waals surface area contributed by atoms with Gasteiger partial charge in [0.05, 0.1) is 35.3 Å². The van der Waals surface area contributed by atoms with Crippen molar-refractivity contribution in [1.29, 1.82) is 0 Å². The number of benzene rings is 2. The maximum atomic E-state index is 12.9. The second kappa shape index (κ2) is 12.7. The van der Waals surface area contributed by atoms with E-state index < -0.39 is 23.8 Å². The molecule has 1 heterocycles. The topological polar surface area (TPSA) is 100 Å². The minimum atomic E-state index is -0.737. The molecule has 1 N–H and O–H groups in total. The van der Waals surface area contributed by atoms with Gasteiger partial charge in [-0.3, -0.25) is 0 Å². The number of halogens is 2. The van der Waals surface area contributed by atoms with Crippen LogP contribution < -0.4 is 14.8 Å². The number of dihydropyridines is 1. The standard InChI is InChI=1S/C27H27Cl2NO7/c1-5-34-26(32)23-15(3)30-16(4)24(27(33)35-6-2)25(23)17-7-10-19(11-8-17)37-22(31)14-36-21-12-9-18(28)13-20(21)29/h7-13,25,30H,5-6,14H2,1-4H3. The van der Waals surface area contributed by atoms with E-state index in [1.54, 1.807) is 64.1 Å². The van der Waals surface area contributed by atoms with Gasteiger partial charge < -0.3 is 24.3 Å². The van der Waals surface area contributed by atoms with Crippen LogP contribution in [0, 0.1) is 0 Å². The number of hydrogen-bond acceptors (Lipinski definition) is 8. The fraction of sp³-hybridized carbons (Fsp3) is 0.296. The minimum Gasteiger partial charge on any atom is -0.480 e. The molecule has 0 radical (unpaired) electrons.